The maximum absolute atomic E-state index is 11.8. The minimum Gasteiger partial charge on any atom is -0.294 e. The molecule has 0 bridgehead atoms. The van der Waals surface area contributed by atoms with Crippen LogP contribution in [0.4, 0.5) is 0 Å². The van der Waals surface area contributed by atoms with Crippen LogP contribution >= 0.6 is 0 Å². The first kappa shape index (κ1) is 11.6. The van der Waals surface area contributed by atoms with E-state index in [1.165, 1.54) is 5.56 Å². The summed E-state index contributed by atoms with van der Waals surface area (Å²) in [5, 5.41) is 0. The van der Waals surface area contributed by atoms with E-state index < -0.39 is 0 Å². The highest BCUT2D eigenvalue weighted by atomic mass is 16.1. The van der Waals surface area contributed by atoms with Crippen LogP contribution in [-0.2, 0) is 6.42 Å². The Hall–Kier alpha value is -1.89. The molecule has 0 saturated heterocycles. The molecule has 0 unspecified atom stereocenters. The molecule has 2 aromatic rings. The lowest BCUT2D eigenvalue weighted by Gasteiger charge is -2.07. The number of hydrogen-bond donors (Lipinski definition) is 0. The minimum absolute atomic E-state index is 0.219. The maximum atomic E-state index is 11.8. The second-order valence-corrected chi connectivity index (χ2v) is 4.10. The van der Waals surface area contributed by atoms with Gasteiger partial charge in [0.2, 0.25) is 0 Å². The average molecular weight is 224 g/mol. The van der Waals surface area contributed by atoms with Gasteiger partial charge in [-0.15, -0.1) is 0 Å². The molecule has 0 atom stereocenters. The second-order valence-electron chi connectivity index (χ2n) is 4.10. The van der Waals surface area contributed by atoms with Gasteiger partial charge < -0.3 is 0 Å². The van der Waals surface area contributed by atoms with Crippen molar-refractivity contribution in [1.82, 2.24) is 0 Å². The van der Waals surface area contributed by atoms with Crippen molar-refractivity contribution in [3.8, 4) is 0 Å². The summed E-state index contributed by atoms with van der Waals surface area (Å²) in [4.78, 5) is 11.8. The second kappa shape index (κ2) is 5.44. The van der Waals surface area contributed by atoms with Crippen LogP contribution in [0.3, 0.4) is 0 Å². The number of Topliss-reactive ketones (excluding diaryl/α,β-unsaturated/α-hetero) is 1. The number of ketones is 1. The van der Waals surface area contributed by atoms with Gasteiger partial charge >= 0.3 is 0 Å². The SMILES string of the molecule is CCC(=O)c1ccccc1Cc1ccccc1. The number of carbonyl (C=O) groups excluding carboxylic acids is 1. The zero-order valence-corrected chi connectivity index (χ0v) is 10.0. The Morgan fingerprint density at radius 1 is 0.941 bits per heavy atom. The molecule has 0 aliphatic carbocycles. The number of rotatable bonds is 4. The molecule has 0 aromatic heterocycles. The van der Waals surface area contributed by atoms with E-state index in [0.717, 1.165) is 17.5 Å². The molecule has 1 heteroatoms. The fourth-order valence-corrected chi connectivity index (χ4v) is 1.95. The maximum Gasteiger partial charge on any atom is 0.162 e. The Kier molecular flexibility index (Phi) is 3.71. The molecule has 0 amide bonds. The highest BCUT2D eigenvalue weighted by Crippen LogP contribution is 2.15. The minimum atomic E-state index is 0.219. The predicted octanol–water partition coefficient (Wildman–Crippen LogP) is 3.87. The summed E-state index contributed by atoms with van der Waals surface area (Å²) in [6, 6.07) is 18.1. The summed E-state index contributed by atoms with van der Waals surface area (Å²) in [5.41, 5.74) is 3.22. The van der Waals surface area contributed by atoms with Crippen LogP contribution in [0.5, 0.6) is 0 Å². The Balaban J connectivity index is 2.30. The summed E-state index contributed by atoms with van der Waals surface area (Å²) in [5.74, 6) is 0.219. The fourth-order valence-electron chi connectivity index (χ4n) is 1.95. The van der Waals surface area contributed by atoms with Crippen molar-refractivity contribution in [2.75, 3.05) is 0 Å². The number of carbonyl (C=O) groups is 1. The third-order valence-corrected chi connectivity index (χ3v) is 2.88. The molecule has 0 radical (unpaired) electrons. The van der Waals surface area contributed by atoms with Crippen molar-refractivity contribution < 1.29 is 4.79 Å². The van der Waals surface area contributed by atoms with Gasteiger partial charge in [0.05, 0.1) is 0 Å². The predicted molar refractivity (Wildman–Crippen MR) is 70.3 cm³/mol. The topological polar surface area (TPSA) is 17.1 Å². The van der Waals surface area contributed by atoms with Gasteiger partial charge in [0.25, 0.3) is 0 Å². The normalized spacial score (nSPS) is 10.2. The molecule has 0 saturated carbocycles. The van der Waals surface area contributed by atoms with Crippen molar-refractivity contribution >= 4 is 5.78 Å². The molecule has 2 aromatic carbocycles. The van der Waals surface area contributed by atoms with Crippen molar-refractivity contribution in [2.24, 2.45) is 0 Å². The monoisotopic (exact) mass is 224 g/mol. The first-order chi connectivity index (χ1) is 8.31. The van der Waals surface area contributed by atoms with Crippen LogP contribution in [0.25, 0.3) is 0 Å². The van der Waals surface area contributed by atoms with E-state index in [2.05, 4.69) is 12.1 Å². The first-order valence-corrected chi connectivity index (χ1v) is 5.96. The number of benzene rings is 2. The number of hydrogen-bond acceptors (Lipinski definition) is 1. The molecule has 0 heterocycles. The third kappa shape index (κ3) is 2.82. The van der Waals surface area contributed by atoms with Crippen molar-refractivity contribution in [3.05, 3.63) is 71.3 Å². The van der Waals surface area contributed by atoms with Crippen molar-refractivity contribution in [3.63, 3.8) is 0 Å². The van der Waals surface area contributed by atoms with Gasteiger partial charge in [-0.2, -0.15) is 0 Å². The zero-order valence-electron chi connectivity index (χ0n) is 10.0. The van der Waals surface area contributed by atoms with E-state index in [1.54, 1.807) is 0 Å². The standard InChI is InChI=1S/C16H16O/c1-2-16(17)15-11-7-6-10-14(15)12-13-8-4-3-5-9-13/h3-11H,2,12H2,1H3. The van der Waals surface area contributed by atoms with Crippen molar-refractivity contribution in [1.29, 1.82) is 0 Å². The molecule has 0 aliphatic rings. The molecular weight excluding hydrogens is 208 g/mol. The molecule has 0 fully saturated rings. The largest absolute Gasteiger partial charge is 0.294 e. The van der Waals surface area contributed by atoms with E-state index in [-0.39, 0.29) is 5.78 Å². The molecule has 1 nitrogen and oxygen atoms in total. The van der Waals surface area contributed by atoms with Gasteiger partial charge in [0.1, 0.15) is 0 Å². The van der Waals surface area contributed by atoms with E-state index >= 15 is 0 Å². The van der Waals surface area contributed by atoms with Crippen molar-refractivity contribution in [2.45, 2.75) is 19.8 Å². The van der Waals surface area contributed by atoms with Crippen LogP contribution in [0.2, 0.25) is 0 Å². The summed E-state index contributed by atoms with van der Waals surface area (Å²) >= 11 is 0. The first-order valence-electron chi connectivity index (χ1n) is 5.96. The van der Waals surface area contributed by atoms with Gasteiger partial charge in [-0.3, -0.25) is 4.79 Å². The Bertz CT molecular complexity index is 500. The van der Waals surface area contributed by atoms with Crippen LogP contribution in [-0.4, -0.2) is 5.78 Å². The molecular formula is C16H16O. The lowest BCUT2D eigenvalue weighted by Crippen LogP contribution is -2.02. The van der Waals surface area contributed by atoms with Crippen LogP contribution in [0.1, 0.15) is 34.8 Å². The van der Waals surface area contributed by atoms with Gasteiger partial charge in [-0.1, -0.05) is 61.5 Å². The van der Waals surface area contributed by atoms with Crippen LogP contribution < -0.4 is 0 Å². The summed E-state index contributed by atoms with van der Waals surface area (Å²) in [6.45, 7) is 1.90. The fraction of sp³-hybridized carbons (Fsp3) is 0.188. The summed E-state index contributed by atoms with van der Waals surface area (Å²) < 4.78 is 0. The van der Waals surface area contributed by atoms with Crippen LogP contribution in [0.15, 0.2) is 54.6 Å². The Labute approximate surface area is 102 Å². The molecule has 2 rings (SSSR count). The van der Waals surface area contributed by atoms with E-state index in [9.17, 15) is 4.79 Å². The Morgan fingerprint density at radius 2 is 1.59 bits per heavy atom. The highest BCUT2D eigenvalue weighted by Gasteiger charge is 2.08. The highest BCUT2D eigenvalue weighted by molar-refractivity contribution is 5.97. The van der Waals surface area contributed by atoms with E-state index in [1.807, 2.05) is 49.4 Å². The molecule has 0 N–H and O–H groups in total. The Morgan fingerprint density at radius 3 is 2.29 bits per heavy atom. The molecule has 86 valence electrons. The zero-order chi connectivity index (χ0) is 12.1. The average Bonchev–Trinajstić information content (AvgIpc) is 2.40. The van der Waals surface area contributed by atoms with E-state index in [0.29, 0.717) is 6.42 Å². The van der Waals surface area contributed by atoms with E-state index in [4.69, 9.17) is 0 Å². The summed E-state index contributed by atoms with van der Waals surface area (Å²) in [7, 11) is 0. The van der Waals surface area contributed by atoms with Crippen LogP contribution in [0, 0.1) is 0 Å². The van der Waals surface area contributed by atoms with Gasteiger partial charge in [0, 0.05) is 12.0 Å². The molecule has 0 spiro atoms. The quantitative estimate of drug-likeness (QED) is 0.720. The van der Waals surface area contributed by atoms with Gasteiger partial charge in [-0.25, -0.2) is 0 Å². The summed E-state index contributed by atoms with van der Waals surface area (Å²) in [6.07, 6.45) is 1.38. The molecule has 17 heavy (non-hydrogen) atoms. The van der Waals surface area contributed by atoms with Gasteiger partial charge in [-0.05, 0) is 17.5 Å². The van der Waals surface area contributed by atoms with Gasteiger partial charge in [0.15, 0.2) is 5.78 Å². The molecule has 0 aliphatic heterocycles. The lowest BCUT2D eigenvalue weighted by atomic mass is 9.96. The third-order valence-electron chi connectivity index (χ3n) is 2.88. The lowest BCUT2D eigenvalue weighted by molar-refractivity contribution is 0.0987. The smallest absolute Gasteiger partial charge is 0.162 e.